The van der Waals surface area contributed by atoms with Gasteiger partial charge in [0.2, 0.25) is 0 Å². The van der Waals surface area contributed by atoms with Crippen LogP contribution in [0.25, 0.3) is 0 Å². The minimum Gasteiger partial charge on any atom is -0.456 e. The molecule has 0 fully saturated rings. The summed E-state index contributed by atoms with van der Waals surface area (Å²) in [5.74, 6) is -0.356. The van der Waals surface area contributed by atoms with Crippen LogP contribution in [0.15, 0.2) is 41.6 Å². The molecule has 18 heavy (non-hydrogen) atoms. The molecule has 1 atom stereocenters. The van der Waals surface area contributed by atoms with Crippen LogP contribution in [-0.4, -0.2) is 30.6 Å². The van der Waals surface area contributed by atoms with Gasteiger partial charge >= 0.3 is 12.0 Å². The Morgan fingerprint density at radius 1 is 1.28 bits per heavy atom. The number of rotatable bonds is 1. The molecule has 0 bridgehead atoms. The maximum Gasteiger partial charge on any atom is 0.338 e. The van der Waals surface area contributed by atoms with E-state index in [2.05, 4.69) is 5.32 Å². The van der Waals surface area contributed by atoms with E-state index in [0.29, 0.717) is 11.3 Å². The van der Waals surface area contributed by atoms with E-state index < -0.39 is 6.04 Å². The molecule has 0 saturated carbocycles. The number of carbonyl (C=O) groups excluding carboxylic acids is 2. The van der Waals surface area contributed by atoms with Crippen molar-refractivity contribution in [2.45, 2.75) is 6.04 Å². The highest BCUT2D eigenvalue weighted by Crippen LogP contribution is 2.33. The predicted octanol–water partition coefficient (Wildman–Crippen LogP) is 1.19. The highest BCUT2D eigenvalue weighted by atomic mass is 16.5. The molecule has 0 spiro atoms. The van der Waals surface area contributed by atoms with E-state index in [-0.39, 0.29) is 18.6 Å². The number of hydrogen-bond acceptors (Lipinski definition) is 3. The van der Waals surface area contributed by atoms with Crippen molar-refractivity contribution in [3.8, 4) is 0 Å². The summed E-state index contributed by atoms with van der Waals surface area (Å²) in [5, 5.41) is 2.81. The third kappa shape index (κ3) is 1.48. The van der Waals surface area contributed by atoms with Crippen LogP contribution in [-0.2, 0) is 9.53 Å². The van der Waals surface area contributed by atoms with Crippen molar-refractivity contribution in [2.24, 2.45) is 0 Å². The van der Waals surface area contributed by atoms with Crippen LogP contribution in [0.2, 0.25) is 0 Å². The number of ether oxygens (including phenoxy) is 1. The number of urea groups is 1. The van der Waals surface area contributed by atoms with Crippen molar-refractivity contribution in [1.82, 2.24) is 10.2 Å². The van der Waals surface area contributed by atoms with Gasteiger partial charge in [0, 0.05) is 7.05 Å². The van der Waals surface area contributed by atoms with Crippen molar-refractivity contribution in [3.05, 3.63) is 47.2 Å². The first-order valence-corrected chi connectivity index (χ1v) is 5.68. The summed E-state index contributed by atoms with van der Waals surface area (Å²) in [6, 6.07) is 8.77. The molecule has 1 aromatic carbocycles. The van der Waals surface area contributed by atoms with E-state index in [1.165, 1.54) is 4.90 Å². The second kappa shape index (κ2) is 3.87. The van der Waals surface area contributed by atoms with E-state index in [1.54, 1.807) is 7.05 Å². The summed E-state index contributed by atoms with van der Waals surface area (Å²) >= 11 is 0. The fourth-order valence-corrected chi connectivity index (χ4v) is 2.28. The Bertz CT molecular complexity index is 551. The fourth-order valence-electron chi connectivity index (χ4n) is 2.28. The summed E-state index contributed by atoms with van der Waals surface area (Å²) in [7, 11) is 1.63. The second-order valence-corrected chi connectivity index (χ2v) is 4.29. The van der Waals surface area contributed by atoms with Crippen LogP contribution >= 0.6 is 0 Å². The van der Waals surface area contributed by atoms with Crippen LogP contribution in [0.4, 0.5) is 4.79 Å². The first-order chi connectivity index (χ1) is 8.68. The van der Waals surface area contributed by atoms with Gasteiger partial charge in [0.25, 0.3) is 0 Å². The molecule has 5 nitrogen and oxygen atoms in total. The highest BCUT2D eigenvalue weighted by Gasteiger charge is 2.40. The van der Waals surface area contributed by atoms with Gasteiger partial charge in [0.1, 0.15) is 6.61 Å². The van der Waals surface area contributed by atoms with Crippen molar-refractivity contribution in [1.29, 1.82) is 0 Å². The Labute approximate surface area is 104 Å². The Morgan fingerprint density at radius 3 is 2.72 bits per heavy atom. The first kappa shape index (κ1) is 10.8. The number of amides is 2. The number of hydrogen-bond donors (Lipinski definition) is 1. The van der Waals surface area contributed by atoms with Crippen LogP contribution in [0.5, 0.6) is 0 Å². The lowest BCUT2D eigenvalue weighted by molar-refractivity contribution is -0.136. The van der Waals surface area contributed by atoms with Gasteiger partial charge in [0.15, 0.2) is 0 Å². The van der Waals surface area contributed by atoms with Gasteiger partial charge in [-0.15, -0.1) is 0 Å². The molecule has 92 valence electrons. The quantitative estimate of drug-likeness (QED) is 0.755. The topological polar surface area (TPSA) is 58.6 Å². The largest absolute Gasteiger partial charge is 0.456 e. The third-order valence-electron chi connectivity index (χ3n) is 3.27. The smallest absolute Gasteiger partial charge is 0.338 e. The minimum atomic E-state index is -0.417. The second-order valence-electron chi connectivity index (χ2n) is 4.29. The summed E-state index contributed by atoms with van der Waals surface area (Å²) in [6.45, 7) is 0.168. The number of esters is 1. The predicted molar refractivity (Wildman–Crippen MR) is 63.5 cm³/mol. The standard InChI is InChI=1S/C13H12N2O3/c1-15-9-7-18-12(16)10(9)11(14-13(15)17)8-5-3-2-4-6-8/h2-6,11H,7H2,1H3,(H,14,17)/t11-/m0/s1. The lowest BCUT2D eigenvalue weighted by Crippen LogP contribution is -2.45. The zero-order valence-electron chi connectivity index (χ0n) is 9.84. The van der Waals surface area contributed by atoms with Crippen molar-refractivity contribution in [3.63, 3.8) is 0 Å². The molecule has 0 saturated heterocycles. The van der Waals surface area contributed by atoms with Gasteiger partial charge in [-0.2, -0.15) is 0 Å². The zero-order chi connectivity index (χ0) is 12.7. The molecule has 0 radical (unpaired) electrons. The van der Waals surface area contributed by atoms with Crippen molar-refractivity contribution >= 4 is 12.0 Å². The summed E-state index contributed by atoms with van der Waals surface area (Å²) in [4.78, 5) is 25.1. The van der Waals surface area contributed by atoms with Crippen molar-refractivity contribution in [2.75, 3.05) is 13.7 Å². The molecule has 0 aliphatic carbocycles. The van der Waals surface area contributed by atoms with E-state index >= 15 is 0 Å². The number of nitrogens with zero attached hydrogens (tertiary/aromatic N) is 1. The number of likely N-dealkylation sites (N-methyl/N-ethyl adjacent to an activating group) is 1. The average Bonchev–Trinajstić information content (AvgIpc) is 2.77. The van der Waals surface area contributed by atoms with Gasteiger partial charge < -0.3 is 10.1 Å². The Morgan fingerprint density at radius 2 is 2.00 bits per heavy atom. The minimum absolute atomic E-state index is 0.168. The van der Waals surface area contributed by atoms with Gasteiger partial charge in [-0.25, -0.2) is 9.59 Å². The molecule has 2 aliphatic heterocycles. The van der Waals surface area contributed by atoms with E-state index in [0.717, 1.165) is 5.56 Å². The monoisotopic (exact) mass is 244 g/mol. The normalized spacial score (nSPS) is 22.7. The maximum absolute atomic E-state index is 11.8. The lowest BCUT2D eigenvalue weighted by Gasteiger charge is -2.30. The Hall–Kier alpha value is -2.30. The van der Waals surface area contributed by atoms with Gasteiger partial charge in [0.05, 0.1) is 17.3 Å². The molecule has 2 aliphatic rings. The zero-order valence-corrected chi connectivity index (χ0v) is 9.84. The molecule has 1 aromatic rings. The Kier molecular flexibility index (Phi) is 2.33. The average molecular weight is 244 g/mol. The number of benzene rings is 1. The molecular weight excluding hydrogens is 232 g/mol. The molecule has 0 aromatic heterocycles. The molecule has 3 rings (SSSR count). The van der Waals surface area contributed by atoms with E-state index in [4.69, 9.17) is 4.74 Å². The van der Waals surface area contributed by atoms with Crippen LogP contribution in [0.3, 0.4) is 0 Å². The summed E-state index contributed by atoms with van der Waals surface area (Å²) < 4.78 is 5.02. The summed E-state index contributed by atoms with van der Waals surface area (Å²) in [5.41, 5.74) is 2.06. The molecule has 5 heteroatoms. The molecular formula is C13H12N2O3. The number of nitrogens with one attached hydrogen (secondary N) is 1. The van der Waals surface area contributed by atoms with Crippen LogP contribution < -0.4 is 5.32 Å². The van der Waals surface area contributed by atoms with Crippen LogP contribution in [0, 0.1) is 0 Å². The van der Waals surface area contributed by atoms with Crippen molar-refractivity contribution < 1.29 is 14.3 Å². The molecule has 0 unspecified atom stereocenters. The third-order valence-corrected chi connectivity index (χ3v) is 3.27. The van der Waals surface area contributed by atoms with Gasteiger partial charge in [-0.1, -0.05) is 30.3 Å². The highest BCUT2D eigenvalue weighted by molar-refractivity contribution is 5.97. The van der Waals surface area contributed by atoms with Gasteiger partial charge in [-0.05, 0) is 5.56 Å². The summed E-state index contributed by atoms with van der Waals surface area (Å²) in [6.07, 6.45) is 0. The SMILES string of the molecule is CN1C(=O)N[C@@H](c2ccccc2)C2=C1COC2=O. The van der Waals surface area contributed by atoms with E-state index in [9.17, 15) is 9.59 Å². The maximum atomic E-state index is 11.8. The first-order valence-electron chi connectivity index (χ1n) is 5.68. The molecule has 2 amide bonds. The number of carbonyl (C=O) groups is 2. The lowest BCUT2D eigenvalue weighted by atomic mass is 9.96. The molecule has 1 N–H and O–H groups in total. The number of cyclic esters (lactones) is 1. The van der Waals surface area contributed by atoms with Gasteiger partial charge in [-0.3, -0.25) is 4.90 Å². The van der Waals surface area contributed by atoms with E-state index in [1.807, 2.05) is 30.3 Å². The Balaban J connectivity index is 2.10. The molecule has 2 heterocycles. The fraction of sp³-hybridized carbons (Fsp3) is 0.231. The van der Waals surface area contributed by atoms with Crippen LogP contribution in [0.1, 0.15) is 11.6 Å².